The summed E-state index contributed by atoms with van der Waals surface area (Å²) in [6, 6.07) is 0. The van der Waals surface area contributed by atoms with E-state index in [1.54, 1.807) is 6.92 Å². The molecule has 0 bridgehead atoms. The van der Waals surface area contributed by atoms with Crippen molar-refractivity contribution in [3.63, 3.8) is 0 Å². The summed E-state index contributed by atoms with van der Waals surface area (Å²) in [6.45, 7) is 10.3. The van der Waals surface area contributed by atoms with Crippen molar-refractivity contribution in [2.75, 3.05) is 0 Å². The number of hydrogen-bond donors (Lipinski definition) is 0. The summed E-state index contributed by atoms with van der Waals surface area (Å²) < 4.78 is 0.273. The van der Waals surface area contributed by atoms with Gasteiger partial charge in [-0.2, -0.15) is 11.8 Å². The number of carbonyl (C=O) groups excluding carboxylic acids is 1. The van der Waals surface area contributed by atoms with Crippen LogP contribution < -0.4 is 0 Å². The average Bonchev–Trinajstić information content (AvgIpc) is 1.53. The van der Waals surface area contributed by atoms with E-state index in [1.165, 1.54) is 0 Å². The second kappa shape index (κ2) is 4.15. The van der Waals surface area contributed by atoms with Crippen molar-refractivity contribution in [2.24, 2.45) is 0 Å². The Balaban J connectivity index is 3.69. The van der Waals surface area contributed by atoms with E-state index < -0.39 is 0 Å². The van der Waals surface area contributed by atoms with Gasteiger partial charge in [0.15, 0.2) is 0 Å². The maximum atomic E-state index is 10.7. The van der Waals surface area contributed by atoms with Crippen molar-refractivity contribution in [3.05, 3.63) is 0 Å². The zero-order valence-corrected chi connectivity index (χ0v) is 8.92. The van der Waals surface area contributed by atoms with Gasteiger partial charge in [-0.05, 0) is 6.92 Å². The third-order valence-corrected chi connectivity index (χ3v) is 2.41. The molecule has 2 heteroatoms. The summed E-state index contributed by atoms with van der Waals surface area (Å²) in [5.41, 5.74) is 0. The van der Waals surface area contributed by atoms with Crippen LogP contribution in [0.15, 0.2) is 0 Å². The van der Waals surface area contributed by atoms with Gasteiger partial charge in [0, 0.05) is 16.4 Å². The van der Waals surface area contributed by atoms with Crippen molar-refractivity contribution < 1.29 is 4.79 Å². The van der Waals surface area contributed by atoms with E-state index in [-0.39, 0.29) is 10.5 Å². The summed E-state index contributed by atoms with van der Waals surface area (Å²) in [7, 11) is 0. The van der Waals surface area contributed by atoms with Crippen LogP contribution in [0.2, 0.25) is 0 Å². The molecule has 0 N–H and O–H groups in total. The molecule has 0 fully saturated rings. The van der Waals surface area contributed by atoms with Crippen molar-refractivity contribution >= 4 is 17.5 Å². The van der Waals surface area contributed by atoms with Crippen molar-refractivity contribution in [1.29, 1.82) is 0 Å². The van der Waals surface area contributed by atoms with Crippen LogP contribution in [0.3, 0.4) is 0 Å². The number of Topliss-reactive ketones (excluding diaryl/α,β-unsaturated/α-hetero) is 1. The summed E-state index contributed by atoms with van der Waals surface area (Å²) in [6.07, 6.45) is 0.696. The van der Waals surface area contributed by atoms with Gasteiger partial charge in [0.05, 0.1) is 0 Å². The molecule has 0 aromatic heterocycles. The summed E-state index contributed by atoms with van der Waals surface area (Å²) in [5, 5.41) is 0.451. The highest BCUT2D eigenvalue weighted by Crippen LogP contribution is 2.29. The van der Waals surface area contributed by atoms with Crippen molar-refractivity contribution in [2.45, 2.75) is 51.0 Å². The topological polar surface area (TPSA) is 17.1 Å². The molecule has 0 aliphatic rings. The van der Waals surface area contributed by atoms with E-state index in [9.17, 15) is 4.79 Å². The van der Waals surface area contributed by atoms with Gasteiger partial charge >= 0.3 is 0 Å². The zero-order chi connectivity index (χ0) is 9.07. The lowest BCUT2D eigenvalue weighted by Crippen LogP contribution is -2.15. The second-order valence-corrected chi connectivity index (χ2v) is 6.21. The lowest BCUT2D eigenvalue weighted by molar-refractivity contribution is -0.116. The minimum atomic E-state index is 0.273. The van der Waals surface area contributed by atoms with Gasteiger partial charge in [0.2, 0.25) is 0 Å². The molecular weight excluding hydrogens is 156 g/mol. The quantitative estimate of drug-likeness (QED) is 0.654. The fourth-order valence-electron chi connectivity index (χ4n) is 1.05. The number of ketones is 1. The molecule has 0 rings (SSSR count). The maximum Gasteiger partial charge on any atom is 0.130 e. The Morgan fingerprint density at radius 3 is 2.18 bits per heavy atom. The molecule has 0 aliphatic heterocycles. The average molecular weight is 174 g/mol. The maximum absolute atomic E-state index is 10.7. The van der Waals surface area contributed by atoms with E-state index in [0.29, 0.717) is 11.7 Å². The molecule has 11 heavy (non-hydrogen) atoms. The second-order valence-electron chi connectivity index (χ2n) is 3.95. The first-order valence-corrected chi connectivity index (χ1v) is 4.86. The van der Waals surface area contributed by atoms with Crippen LogP contribution in [-0.4, -0.2) is 15.8 Å². The van der Waals surface area contributed by atoms with Gasteiger partial charge in [0.25, 0.3) is 0 Å². The van der Waals surface area contributed by atoms with Gasteiger partial charge in [-0.15, -0.1) is 0 Å². The van der Waals surface area contributed by atoms with Gasteiger partial charge in [-0.25, -0.2) is 0 Å². The third-order valence-electron chi connectivity index (χ3n) is 1.13. The Hall–Kier alpha value is 0.0200. The van der Waals surface area contributed by atoms with Crippen LogP contribution >= 0.6 is 11.8 Å². The predicted molar refractivity (Wildman–Crippen MR) is 52.1 cm³/mol. The van der Waals surface area contributed by atoms with Crippen molar-refractivity contribution in [1.82, 2.24) is 0 Å². The van der Waals surface area contributed by atoms with Crippen LogP contribution in [-0.2, 0) is 4.79 Å². The molecule has 1 nitrogen and oxygen atoms in total. The molecule has 0 heterocycles. The molecule has 0 aromatic carbocycles. The summed E-state index contributed by atoms with van der Waals surface area (Å²) >= 11 is 1.86. The number of carbonyl (C=O) groups is 1. The Bertz CT molecular complexity index is 135. The number of rotatable bonds is 3. The first-order chi connectivity index (χ1) is 4.81. The van der Waals surface area contributed by atoms with Crippen LogP contribution in [0.5, 0.6) is 0 Å². The number of hydrogen-bond acceptors (Lipinski definition) is 2. The highest BCUT2D eigenvalue weighted by atomic mass is 32.2. The highest BCUT2D eigenvalue weighted by Gasteiger charge is 2.16. The van der Waals surface area contributed by atoms with Crippen molar-refractivity contribution in [3.8, 4) is 0 Å². The molecule has 1 atom stereocenters. The fourth-order valence-corrected chi connectivity index (χ4v) is 2.58. The minimum Gasteiger partial charge on any atom is -0.300 e. The van der Waals surface area contributed by atoms with Gasteiger partial charge in [-0.1, -0.05) is 27.7 Å². The molecule has 0 saturated carbocycles. The lowest BCUT2D eigenvalue weighted by atomic mass is 10.2. The molecule has 0 aromatic rings. The van der Waals surface area contributed by atoms with E-state index in [2.05, 4.69) is 27.7 Å². The standard InChI is InChI=1S/C9H18OS/c1-7(10)6-8(2)11-9(3,4)5/h8H,6H2,1-5H3. The predicted octanol–water partition coefficient (Wildman–Crippen LogP) is 2.89. The van der Waals surface area contributed by atoms with E-state index >= 15 is 0 Å². The molecular formula is C9H18OS. The van der Waals surface area contributed by atoms with Gasteiger partial charge in [-0.3, -0.25) is 4.79 Å². The number of thioether (sulfide) groups is 1. The van der Waals surface area contributed by atoms with Crippen LogP contribution in [0.25, 0.3) is 0 Å². The Morgan fingerprint density at radius 2 is 1.91 bits per heavy atom. The first-order valence-electron chi connectivity index (χ1n) is 3.98. The van der Waals surface area contributed by atoms with E-state index in [1.807, 2.05) is 11.8 Å². The van der Waals surface area contributed by atoms with E-state index in [0.717, 1.165) is 0 Å². The molecule has 0 spiro atoms. The molecule has 66 valence electrons. The minimum absolute atomic E-state index is 0.273. The lowest BCUT2D eigenvalue weighted by Gasteiger charge is -2.21. The van der Waals surface area contributed by atoms with Crippen LogP contribution in [0.1, 0.15) is 41.0 Å². The fraction of sp³-hybridized carbons (Fsp3) is 0.889. The SMILES string of the molecule is CC(=O)CC(C)SC(C)(C)C. The Morgan fingerprint density at radius 1 is 1.45 bits per heavy atom. The van der Waals surface area contributed by atoms with Crippen LogP contribution in [0.4, 0.5) is 0 Å². The van der Waals surface area contributed by atoms with Gasteiger partial charge < -0.3 is 0 Å². The molecule has 0 radical (unpaired) electrons. The molecule has 0 aliphatic carbocycles. The Kier molecular flexibility index (Phi) is 4.16. The van der Waals surface area contributed by atoms with Crippen LogP contribution in [0, 0.1) is 0 Å². The molecule has 1 unspecified atom stereocenters. The highest BCUT2D eigenvalue weighted by molar-refractivity contribution is 8.01. The largest absolute Gasteiger partial charge is 0.300 e. The first kappa shape index (κ1) is 11.0. The Labute approximate surface area is 73.9 Å². The summed E-state index contributed by atoms with van der Waals surface area (Å²) in [4.78, 5) is 10.7. The monoisotopic (exact) mass is 174 g/mol. The smallest absolute Gasteiger partial charge is 0.130 e. The van der Waals surface area contributed by atoms with E-state index in [4.69, 9.17) is 0 Å². The zero-order valence-electron chi connectivity index (χ0n) is 8.10. The molecule has 0 saturated heterocycles. The normalized spacial score (nSPS) is 14.6. The third kappa shape index (κ3) is 7.92. The van der Waals surface area contributed by atoms with Gasteiger partial charge in [0.1, 0.15) is 5.78 Å². The summed E-state index contributed by atoms with van der Waals surface area (Å²) in [5.74, 6) is 0.286. The molecule has 0 amide bonds.